The first kappa shape index (κ1) is 15.9. The topological polar surface area (TPSA) is 34.0 Å². The summed E-state index contributed by atoms with van der Waals surface area (Å²) >= 11 is 0. The van der Waals surface area contributed by atoms with Gasteiger partial charge in [0, 0.05) is 24.9 Å². The van der Waals surface area contributed by atoms with Gasteiger partial charge in [0.25, 0.3) is 0 Å². The molecule has 1 aliphatic rings. The Bertz CT molecular complexity index is 606. The standard InChI is InChI=1S/C20H26N2O/c1-16-9-5-6-12-18(16)21-20(23)19(22-13-7-8-14-22)15-17-10-3-2-4-11-17/h2-4,7-8,10-11,13-14,16,18-19H,5-6,9,12,15H2,1H3,(H,21,23)/t16-,18-,19+/m0/s1. The van der Waals surface area contributed by atoms with Gasteiger partial charge in [0.15, 0.2) is 0 Å². The van der Waals surface area contributed by atoms with E-state index < -0.39 is 0 Å². The Morgan fingerprint density at radius 2 is 1.83 bits per heavy atom. The maximum atomic E-state index is 12.9. The van der Waals surface area contributed by atoms with E-state index in [1.165, 1.54) is 24.8 Å². The van der Waals surface area contributed by atoms with Gasteiger partial charge in [-0.25, -0.2) is 0 Å². The molecule has 23 heavy (non-hydrogen) atoms. The Balaban J connectivity index is 1.73. The molecule has 0 radical (unpaired) electrons. The molecule has 0 saturated heterocycles. The van der Waals surface area contributed by atoms with Crippen LogP contribution in [0.25, 0.3) is 0 Å². The highest BCUT2D eigenvalue weighted by Gasteiger charge is 2.27. The van der Waals surface area contributed by atoms with Crippen LogP contribution in [0.2, 0.25) is 0 Å². The molecule has 1 N–H and O–H groups in total. The van der Waals surface area contributed by atoms with Crippen molar-refractivity contribution in [1.29, 1.82) is 0 Å². The van der Waals surface area contributed by atoms with Crippen LogP contribution in [0.5, 0.6) is 0 Å². The Kier molecular flexibility index (Phi) is 5.16. The third kappa shape index (κ3) is 4.04. The highest BCUT2D eigenvalue weighted by Crippen LogP contribution is 2.25. The lowest BCUT2D eigenvalue weighted by molar-refractivity contribution is -0.125. The van der Waals surface area contributed by atoms with Crippen molar-refractivity contribution >= 4 is 5.91 Å². The second kappa shape index (κ2) is 7.49. The number of rotatable bonds is 5. The molecule has 0 aliphatic heterocycles. The fourth-order valence-corrected chi connectivity index (χ4v) is 3.54. The molecule has 0 unspecified atom stereocenters. The van der Waals surface area contributed by atoms with Crippen molar-refractivity contribution in [2.24, 2.45) is 5.92 Å². The third-order valence-corrected chi connectivity index (χ3v) is 5.00. The predicted molar refractivity (Wildman–Crippen MR) is 93.2 cm³/mol. The van der Waals surface area contributed by atoms with Crippen LogP contribution in [0.15, 0.2) is 54.9 Å². The minimum atomic E-state index is -0.179. The van der Waals surface area contributed by atoms with Crippen molar-refractivity contribution in [2.75, 3.05) is 0 Å². The van der Waals surface area contributed by atoms with Gasteiger partial charge < -0.3 is 9.88 Å². The quantitative estimate of drug-likeness (QED) is 0.891. The highest BCUT2D eigenvalue weighted by atomic mass is 16.2. The fourth-order valence-electron chi connectivity index (χ4n) is 3.54. The van der Waals surface area contributed by atoms with Gasteiger partial charge in [-0.15, -0.1) is 0 Å². The molecule has 1 aliphatic carbocycles. The van der Waals surface area contributed by atoms with Crippen molar-refractivity contribution in [1.82, 2.24) is 9.88 Å². The van der Waals surface area contributed by atoms with Gasteiger partial charge in [0.2, 0.25) is 5.91 Å². The zero-order valence-corrected chi connectivity index (χ0v) is 13.8. The molecule has 0 bridgehead atoms. The zero-order chi connectivity index (χ0) is 16.1. The second-order valence-corrected chi connectivity index (χ2v) is 6.71. The number of carbonyl (C=O) groups is 1. The molecule has 0 spiro atoms. The van der Waals surface area contributed by atoms with E-state index in [-0.39, 0.29) is 11.9 Å². The second-order valence-electron chi connectivity index (χ2n) is 6.71. The number of nitrogens with one attached hydrogen (secondary N) is 1. The Hall–Kier alpha value is -2.03. The van der Waals surface area contributed by atoms with E-state index in [1.54, 1.807) is 0 Å². The molecule has 122 valence electrons. The number of nitrogens with zero attached hydrogens (tertiary/aromatic N) is 1. The Morgan fingerprint density at radius 1 is 1.13 bits per heavy atom. The highest BCUT2D eigenvalue weighted by molar-refractivity contribution is 5.81. The minimum absolute atomic E-state index is 0.142. The molecule has 1 heterocycles. The maximum absolute atomic E-state index is 12.9. The van der Waals surface area contributed by atoms with E-state index in [0.29, 0.717) is 12.0 Å². The molecule has 2 aromatic rings. The summed E-state index contributed by atoms with van der Waals surface area (Å²) in [5, 5.41) is 3.32. The molecule has 1 saturated carbocycles. The molecule has 1 aromatic heterocycles. The predicted octanol–water partition coefficient (Wildman–Crippen LogP) is 3.97. The lowest BCUT2D eigenvalue weighted by Gasteiger charge is -2.31. The van der Waals surface area contributed by atoms with Crippen LogP contribution in [-0.4, -0.2) is 16.5 Å². The van der Waals surface area contributed by atoms with Crippen LogP contribution < -0.4 is 5.32 Å². The average molecular weight is 310 g/mol. The first-order chi connectivity index (χ1) is 11.2. The van der Waals surface area contributed by atoms with Crippen molar-refractivity contribution in [3.8, 4) is 0 Å². The summed E-state index contributed by atoms with van der Waals surface area (Å²) in [4.78, 5) is 12.9. The summed E-state index contributed by atoms with van der Waals surface area (Å²) < 4.78 is 2.02. The molecular weight excluding hydrogens is 284 g/mol. The van der Waals surface area contributed by atoms with Crippen molar-refractivity contribution < 1.29 is 4.79 Å². The van der Waals surface area contributed by atoms with E-state index in [4.69, 9.17) is 0 Å². The molecule has 1 aromatic carbocycles. The van der Waals surface area contributed by atoms with Gasteiger partial charge in [0.05, 0.1) is 0 Å². The minimum Gasteiger partial charge on any atom is -0.351 e. The average Bonchev–Trinajstić information content (AvgIpc) is 3.10. The molecule has 3 rings (SSSR count). The number of carbonyl (C=O) groups excluding carboxylic acids is 1. The lowest BCUT2D eigenvalue weighted by Crippen LogP contribution is -2.44. The van der Waals surface area contributed by atoms with Crippen LogP contribution in [0.1, 0.15) is 44.2 Å². The number of hydrogen-bond acceptors (Lipinski definition) is 1. The number of amides is 1. The third-order valence-electron chi connectivity index (χ3n) is 5.00. The summed E-state index contributed by atoms with van der Waals surface area (Å²) in [5.41, 5.74) is 1.19. The van der Waals surface area contributed by atoms with Gasteiger partial charge in [-0.1, -0.05) is 50.1 Å². The molecular formula is C20H26N2O. The van der Waals surface area contributed by atoms with Crippen molar-refractivity contribution in [3.05, 3.63) is 60.4 Å². The van der Waals surface area contributed by atoms with E-state index in [2.05, 4.69) is 24.4 Å². The Morgan fingerprint density at radius 3 is 2.52 bits per heavy atom. The number of aromatic nitrogens is 1. The maximum Gasteiger partial charge on any atom is 0.243 e. The first-order valence-electron chi connectivity index (χ1n) is 8.71. The normalized spacial score (nSPS) is 22.5. The number of benzene rings is 1. The van der Waals surface area contributed by atoms with E-state index >= 15 is 0 Å². The smallest absolute Gasteiger partial charge is 0.243 e. The van der Waals surface area contributed by atoms with Gasteiger partial charge in [-0.3, -0.25) is 4.79 Å². The van der Waals surface area contributed by atoms with E-state index in [9.17, 15) is 4.79 Å². The molecule has 1 amide bonds. The van der Waals surface area contributed by atoms with Gasteiger partial charge in [-0.05, 0) is 36.5 Å². The Labute approximate surface area is 138 Å². The lowest BCUT2D eigenvalue weighted by atomic mass is 9.85. The summed E-state index contributed by atoms with van der Waals surface area (Å²) in [6, 6.07) is 14.4. The van der Waals surface area contributed by atoms with Crippen LogP contribution in [-0.2, 0) is 11.2 Å². The van der Waals surface area contributed by atoms with Crippen LogP contribution in [0.4, 0.5) is 0 Å². The molecule has 3 atom stereocenters. The van der Waals surface area contributed by atoms with Gasteiger partial charge >= 0.3 is 0 Å². The van der Waals surface area contributed by atoms with E-state index in [1.807, 2.05) is 47.3 Å². The first-order valence-corrected chi connectivity index (χ1v) is 8.71. The molecule has 1 fully saturated rings. The molecule has 3 nitrogen and oxygen atoms in total. The number of hydrogen-bond donors (Lipinski definition) is 1. The van der Waals surface area contributed by atoms with Gasteiger partial charge in [0.1, 0.15) is 6.04 Å². The van der Waals surface area contributed by atoms with E-state index in [0.717, 1.165) is 12.8 Å². The summed E-state index contributed by atoms with van der Waals surface area (Å²) in [6.07, 6.45) is 9.53. The van der Waals surface area contributed by atoms with Crippen molar-refractivity contribution in [3.63, 3.8) is 0 Å². The van der Waals surface area contributed by atoms with Crippen LogP contribution in [0.3, 0.4) is 0 Å². The van der Waals surface area contributed by atoms with Gasteiger partial charge in [-0.2, -0.15) is 0 Å². The largest absolute Gasteiger partial charge is 0.351 e. The summed E-state index contributed by atoms with van der Waals surface area (Å²) in [7, 11) is 0. The zero-order valence-electron chi connectivity index (χ0n) is 13.8. The molecule has 3 heteroatoms. The summed E-state index contributed by atoms with van der Waals surface area (Å²) in [6.45, 7) is 2.26. The monoisotopic (exact) mass is 310 g/mol. The van der Waals surface area contributed by atoms with Crippen molar-refractivity contribution in [2.45, 2.75) is 51.1 Å². The fraction of sp³-hybridized carbons (Fsp3) is 0.450. The summed E-state index contributed by atoms with van der Waals surface area (Å²) in [5.74, 6) is 0.721. The van der Waals surface area contributed by atoms with Crippen LogP contribution >= 0.6 is 0 Å². The SMILES string of the molecule is C[C@H]1CCCC[C@@H]1NC(=O)[C@@H](Cc1ccccc1)n1cccc1. The van der Waals surface area contributed by atoms with Crippen LogP contribution in [0, 0.1) is 5.92 Å².